The van der Waals surface area contributed by atoms with Crippen molar-refractivity contribution < 1.29 is 0 Å². The minimum Gasteiger partial charge on any atom is -0.0850 e. The third-order valence-electron chi connectivity index (χ3n) is 7.71. The third-order valence-corrected chi connectivity index (χ3v) is 7.71. The highest BCUT2D eigenvalue weighted by molar-refractivity contribution is 5.21. The van der Waals surface area contributed by atoms with Gasteiger partial charge in [-0.3, -0.25) is 0 Å². The Hall–Kier alpha value is -0.260. The fraction of sp³-hybridized carbons (Fsp3) is 0.895. The Balaban J connectivity index is 1.90. The lowest BCUT2D eigenvalue weighted by atomic mass is 9.61. The highest BCUT2D eigenvalue weighted by atomic mass is 14.7. The lowest BCUT2D eigenvalue weighted by Crippen LogP contribution is -2.36. The minimum atomic E-state index is 0.615. The van der Waals surface area contributed by atoms with E-state index in [1.807, 2.05) is 0 Å². The normalized spacial score (nSPS) is 62.3. The summed E-state index contributed by atoms with van der Waals surface area (Å²) in [5, 5.41) is 0. The Kier molecular flexibility index (Phi) is 2.29. The first-order valence-corrected chi connectivity index (χ1v) is 8.52. The molecule has 0 aromatic carbocycles. The first-order chi connectivity index (χ1) is 8.86. The Labute approximate surface area is 119 Å². The first kappa shape index (κ1) is 12.5. The fourth-order valence-corrected chi connectivity index (χ4v) is 7.67. The van der Waals surface area contributed by atoms with E-state index in [-0.39, 0.29) is 0 Å². The number of rotatable bonds is 0. The minimum absolute atomic E-state index is 0.615. The Morgan fingerprint density at radius 3 is 2.32 bits per heavy atom. The van der Waals surface area contributed by atoms with Crippen LogP contribution in [0.25, 0.3) is 0 Å². The largest absolute Gasteiger partial charge is 0.0850 e. The van der Waals surface area contributed by atoms with Gasteiger partial charge in [0, 0.05) is 0 Å². The highest BCUT2D eigenvalue weighted by Crippen LogP contribution is 2.75. The molecule has 0 aliphatic heterocycles. The van der Waals surface area contributed by atoms with Gasteiger partial charge < -0.3 is 0 Å². The number of fused-ring (bicyclic) bond motifs is 2. The van der Waals surface area contributed by atoms with E-state index in [4.69, 9.17) is 0 Å². The van der Waals surface area contributed by atoms with Crippen molar-refractivity contribution in [2.75, 3.05) is 0 Å². The molecule has 0 aromatic heterocycles. The van der Waals surface area contributed by atoms with E-state index < -0.39 is 0 Å². The Morgan fingerprint density at radius 2 is 1.58 bits per heavy atom. The standard InChI is InChI=1S/C19H30/c1-13-8-9-17(2)11-19(4)12-18(3,10-13)15-7-5-6-14(17)16(15)19/h8,14-16H,5-7,9-12H2,1-4H3/b13-8-/t14-,15?,16?,17?,18?,19?/m1/s1. The first-order valence-electron chi connectivity index (χ1n) is 8.52. The lowest BCUT2D eigenvalue weighted by Gasteiger charge is -2.43. The van der Waals surface area contributed by atoms with E-state index in [9.17, 15) is 0 Å². The van der Waals surface area contributed by atoms with Gasteiger partial charge in [0.05, 0.1) is 0 Å². The molecule has 0 N–H and O–H groups in total. The van der Waals surface area contributed by atoms with E-state index in [0.29, 0.717) is 16.2 Å². The molecule has 0 heteroatoms. The SMILES string of the molecule is C/C1=C/CC2(C)CC3(C)CC(C)(C1)C1CCC[C@@H]2C13. The molecule has 0 spiro atoms. The van der Waals surface area contributed by atoms with Gasteiger partial charge in [0.1, 0.15) is 0 Å². The molecular weight excluding hydrogens is 228 g/mol. The predicted molar refractivity (Wildman–Crippen MR) is 80.9 cm³/mol. The van der Waals surface area contributed by atoms with Crippen LogP contribution in [0.15, 0.2) is 11.6 Å². The average Bonchev–Trinajstić information content (AvgIpc) is 2.69. The van der Waals surface area contributed by atoms with Gasteiger partial charge in [0.25, 0.3) is 0 Å². The van der Waals surface area contributed by atoms with Crippen molar-refractivity contribution in [2.24, 2.45) is 34.0 Å². The molecule has 6 atom stereocenters. The average molecular weight is 258 g/mol. The lowest BCUT2D eigenvalue weighted by molar-refractivity contribution is 0.0588. The van der Waals surface area contributed by atoms with Crippen molar-refractivity contribution in [3.63, 3.8) is 0 Å². The van der Waals surface area contributed by atoms with Crippen LogP contribution in [0.4, 0.5) is 0 Å². The van der Waals surface area contributed by atoms with Crippen LogP contribution >= 0.6 is 0 Å². The molecule has 0 nitrogen and oxygen atoms in total. The van der Waals surface area contributed by atoms with Crippen molar-refractivity contribution in [1.29, 1.82) is 0 Å². The maximum absolute atomic E-state index is 2.65. The zero-order valence-electron chi connectivity index (χ0n) is 13.3. The molecule has 0 heterocycles. The van der Waals surface area contributed by atoms with Crippen LogP contribution < -0.4 is 0 Å². The number of hydrogen-bond acceptors (Lipinski definition) is 0. The predicted octanol–water partition coefficient (Wildman–Crippen LogP) is 5.59. The van der Waals surface area contributed by atoms with E-state index >= 15 is 0 Å². The molecule has 0 radical (unpaired) electrons. The van der Waals surface area contributed by atoms with Crippen LogP contribution in [-0.2, 0) is 0 Å². The van der Waals surface area contributed by atoms with Crippen LogP contribution in [0.2, 0.25) is 0 Å². The summed E-state index contributed by atoms with van der Waals surface area (Å²) in [6.07, 6.45) is 12.9. The van der Waals surface area contributed by atoms with Gasteiger partial charge in [0.2, 0.25) is 0 Å². The molecule has 0 saturated heterocycles. The van der Waals surface area contributed by atoms with E-state index in [1.54, 1.807) is 5.57 Å². The second kappa shape index (κ2) is 3.49. The fourth-order valence-electron chi connectivity index (χ4n) is 7.67. The van der Waals surface area contributed by atoms with Crippen LogP contribution in [0.5, 0.6) is 0 Å². The van der Waals surface area contributed by atoms with E-state index in [0.717, 1.165) is 17.8 Å². The topological polar surface area (TPSA) is 0 Å². The summed E-state index contributed by atoms with van der Waals surface area (Å²) in [4.78, 5) is 0. The zero-order chi connectivity index (χ0) is 13.5. The second-order valence-corrected chi connectivity index (χ2v) is 9.42. The van der Waals surface area contributed by atoms with Gasteiger partial charge in [-0.05, 0) is 79.4 Å². The molecule has 3 fully saturated rings. The Morgan fingerprint density at radius 1 is 0.947 bits per heavy atom. The number of hydrogen-bond donors (Lipinski definition) is 0. The molecule has 5 aliphatic rings. The highest BCUT2D eigenvalue weighted by Gasteiger charge is 2.67. The quantitative estimate of drug-likeness (QED) is 0.497. The summed E-state index contributed by atoms with van der Waals surface area (Å²) in [5.74, 6) is 3.11. The molecule has 0 amide bonds. The molecule has 5 aliphatic carbocycles. The Bertz CT molecular complexity index is 447. The van der Waals surface area contributed by atoms with Crippen LogP contribution in [0.3, 0.4) is 0 Å². The zero-order valence-corrected chi connectivity index (χ0v) is 13.3. The van der Waals surface area contributed by atoms with Crippen molar-refractivity contribution >= 4 is 0 Å². The number of allylic oxidation sites excluding steroid dienone is 2. The smallest absolute Gasteiger partial charge is 0.0252 e. The molecule has 5 rings (SSSR count). The van der Waals surface area contributed by atoms with Gasteiger partial charge in [-0.1, -0.05) is 38.8 Å². The van der Waals surface area contributed by atoms with Crippen molar-refractivity contribution in [3.8, 4) is 0 Å². The van der Waals surface area contributed by atoms with Crippen LogP contribution in [0.1, 0.15) is 72.6 Å². The van der Waals surface area contributed by atoms with Gasteiger partial charge >= 0.3 is 0 Å². The van der Waals surface area contributed by atoms with E-state index in [1.165, 1.54) is 44.9 Å². The molecule has 5 unspecified atom stereocenters. The molecule has 106 valence electrons. The monoisotopic (exact) mass is 258 g/mol. The van der Waals surface area contributed by atoms with Crippen molar-refractivity contribution in [2.45, 2.75) is 72.6 Å². The summed E-state index contributed by atoms with van der Waals surface area (Å²) >= 11 is 0. The molecule has 0 aromatic rings. The van der Waals surface area contributed by atoms with Gasteiger partial charge in [-0.25, -0.2) is 0 Å². The molecular formula is C19H30. The summed E-state index contributed by atoms with van der Waals surface area (Å²) in [5.41, 5.74) is 3.58. The van der Waals surface area contributed by atoms with E-state index in [2.05, 4.69) is 33.8 Å². The second-order valence-electron chi connectivity index (χ2n) is 9.42. The summed E-state index contributed by atoms with van der Waals surface area (Å²) in [6.45, 7) is 10.3. The third kappa shape index (κ3) is 1.47. The van der Waals surface area contributed by atoms with Gasteiger partial charge in [-0.15, -0.1) is 0 Å². The summed E-state index contributed by atoms with van der Waals surface area (Å²) < 4.78 is 0. The molecule has 19 heavy (non-hydrogen) atoms. The molecule has 6 bridgehead atoms. The summed E-state index contributed by atoms with van der Waals surface area (Å²) in [7, 11) is 0. The summed E-state index contributed by atoms with van der Waals surface area (Å²) in [6, 6.07) is 0. The van der Waals surface area contributed by atoms with Crippen LogP contribution in [0, 0.1) is 34.0 Å². The van der Waals surface area contributed by atoms with Crippen LogP contribution in [-0.4, -0.2) is 0 Å². The van der Waals surface area contributed by atoms with Gasteiger partial charge in [0.15, 0.2) is 0 Å². The van der Waals surface area contributed by atoms with Crippen molar-refractivity contribution in [3.05, 3.63) is 11.6 Å². The van der Waals surface area contributed by atoms with Gasteiger partial charge in [-0.2, -0.15) is 0 Å². The maximum atomic E-state index is 2.65. The molecule has 3 saturated carbocycles. The van der Waals surface area contributed by atoms with Crippen molar-refractivity contribution in [1.82, 2.24) is 0 Å². The maximum Gasteiger partial charge on any atom is -0.0252 e.